The maximum Gasteiger partial charge on any atom is 0.269 e. The van der Waals surface area contributed by atoms with Gasteiger partial charge in [0, 0.05) is 22.8 Å². The Morgan fingerprint density at radius 3 is 2.57 bits per heavy atom. The van der Waals surface area contributed by atoms with E-state index in [9.17, 15) is 10.1 Å². The summed E-state index contributed by atoms with van der Waals surface area (Å²) in [6, 6.07) is 14.0. The number of nitro groups is 1. The van der Waals surface area contributed by atoms with Gasteiger partial charge >= 0.3 is 0 Å². The molecule has 0 N–H and O–H groups in total. The fourth-order valence-electron chi connectivity index (χ4n) is 1.76. The van der Waals surface area contributed by atoms with Crippen molar-refractivity contribution >= 4 is 17.4 Å². The van der Waals surface area contributed by atoms with Gasteiger partial charge in [0.1, 0.15) is 11.8 Å². The lowest BCUT2D eigenvalue weighted by Crippen LogP contribution is -1.90. The second-order valence-corrected chi connectivity index (χ2v) is 5.23. The summed E-state index contributed by atoms with van der Waals surface area (Å²) in [7, 11) is 1.53. The molecule has 0 aliphatic rings. The van der Waals surface area contributed by atoms with Crippen molar-refractivity contribution in [1.82, 2.24) is 0 Å². The molecule has 0 aromatic heterocycles. The van der Waals surface area contributed by atoms with Crippen LogP contribution in [-0.2, 0) is 5.75 Å². The van der Waals surface area contributed by atoms with Gasteiger partial charge in [0.05, 0.1) is 17.6 Å². The summed E-state index contributed by atoms with van der Waals surface area (Å²) in [5.74, 6) is 1.23. The summed E-state index contributed by atoms with van der Waals surface area (Å²) in [5, 5.41) is 19.6. The van der Waals surface area contributed by atoms with Crippen molar-refractivity contribution < 1.29 is 9.66 Å². The van der Waals surface area contributed by atoms with Crippen molar-refractivity contribution in [3.05, 3.63) is 63.7 Å². The topological polar surface area (TPSA) is 76.2 Å². The molecule has 2 rings (SSSR count). The Labute approximate surface area is 126 Å². The van der Waals surface area contributed by atoms with Gasteiger partial charge < -0.3 is 4.74 Å². The third kappa shape index (κ3) is 3.74. The molecule has 0 amide bonds. The first-order valence-corrected chi connectivity index (χ1v) is 7.07. The summed E-state index contributed by atoms with van der Waals surface area (Å²) in [4.78, 5) is 11.1. The van der Waals surface area contributed by atoms with Crippen molar-refractivity contribution in [2.45, 2.75) is 10.6 Å². The van der Waals surface area contributed by atoms with Crippen molar-refractivity contribution in [1.29, 1.82) is 5.26 Å². The molecule has 0 bridgehead atoms. The van der Waals surface area contributed by atoms with Gasteiger partial charge in [-0.25, -0.2) is 0 Å². The zero-order valence-corrected chi connectivity index (χ0v) is 12.1. The smallest absolute Gasteiger partial charge is 0.269 e. The molecule has 6 heteroatoms. The molecule has 0 unspecified atom stereocenters. The van der Waals surface area contributed by atoms with Gasteiger partial charge in [-0.05, 0) is 29.8 Å². The molecular weight excluding hydrogens is 288 g/mol. The van der Waals surface area contributed by atoms with Crippen molar-refractivity contribution in [2.24, 2.45) is 0 Å². The Morgan fingerprint density at radius 2 is 2.00 bits per heavy atom. The van der Waals surface area contributed by atoms with E-state index in [2.05, 4.69) is 6.07 Å². The molecular formula is C15H12N2O3S. The molecule has 106 valence electrons. The van der Waals surface area contributed by atoms with Gasteiger partial charge in [0.25, 0.3) is 5.69 Å². The Kier molecular flexibility index (Phi) is 4.80. The molecule has 2 aromatic carbocycles. The first-order chi connectivity index (χ1) is 10.1. The van der Waals surface area contributed by atoms with Crippen molar-refractivity contribution in [2.75, 3.05) is 7.11 Å². The summed E-state index contributed by atoms with van der Waals surface area (Å²) < 4.78 is 5.10. The normalized spacial score (nSPS) is 9.90. The number of nitro benzene ring substituents is 1. The van der Waals surface area contributed by atoms with Gasteiger partial charge in [-0.15, -0.1) is 11.8 Å². The SMILES string of the molecule is COc1ccc(CSc2ccc([N+](=O)[O-])cc2)cc1C#N. The molecule has 0 spiro atoms. The standard InChI is InChI=1S/C15H12N2O3S/c1-20-15-7-2-11(8-12(15)9-16)10-21-14-5-3-13(4-6-14)17(18)19/h2-8H,10H2,1H3. The molecule has 0 saturated carbocycles. The molecule has 5 nitrogen and oxygen atoms in total. The maximum atomic E-state index is 10.6. The van der Waals surface area contributed by atoms with Crippen LogP contribution in [0.3, 0.4) is 0 Å². The number of hydrogen-bond donors (Lipinski definition) is 0. The molecule has 21 heavy (non-hydrogen) atoms. The quantitative estimate of drug-likeness (QED) is 0.477. The van der Waals surface area contributed by atoms with Crippen LogP contribution in [0.1, 0.15) is 11.1 Å². The highest BCUT2D eigenvalue weighted by Crippen LogP contribution is 2.27. The minimum absolute atomic E-state index is 0.0792. The second kappa shape index (κ2) is 6.77. The van der Waals surface area contributed by atoms with E-state index in [1.54, 1.807) is 36.0 Å². The predicted molar refractivity (Wildman–Crippen MR) is 80.4 cm³/mol. The molecule has 0 atom stereocenters. The van der Waals surface area contributed by atoms with E-state index in [4.69, 9.17) is 10.00 Å². The summed E-state index contributed by atoms with van der Waals surface area (Å²) >= 11 is 1.55. The molecule has 2 aromatic rings. The van der Waals surface area contributed by atoms with Gasteiger partial charge in [-0.3, -0.25) is 10.1 Å². The minimum atomic E-state index is -0.420. The lowest BCUT2D eigenvalue weighted by Gasteiger charge is -2.06. The summed E-state index contributed by atoms with van der Waals surface area (Å²) in [6.07, 6.45) is 0. The van der Waals surface area contributed by atoms with Gasteiger partial charge in [-0.2, -0.15) is 5.26 Å². The highest BCUT2D eigenvalue weighted by Gasteiger charge is 2.06. The van der Waals surface area contributed by atoms with Crippen LogP contribution in [0.15, 0.2) is 47.4 Å². The number of thioether (sulfide) groups is 1. The average molecular weight is 300 g/mol. The molecule has 0 aliphatic carbocycles. The zero-order chi connectivity index (χ0) is 15.2. The Hall–Kier alpha value is -2.52. The van der Waals surface area contributed by atoms with E-state index in [-0.39, 0.29) is 5.69 Å². The molecule has 0 saturated heterocycles. The van der Waals surface area contributed by atoms with E-state index in [0.29, 0.717) is 17.1 Å². The number of non-ortho nitro benzene ring substituents is 1. The molecule has 0 radical (unpaired) electrons. The fourth-order valence-corrected chi connectivity index (χ4v) is 2.60. The van der Waals surface area contributed by atoms with Crippen LogP contribution >= 0.6 is 11.8 Å². The highest BCUT2D eigenvalue weighted by atomic mass is 32.2. The highest BCUT2D eigenvalue weighted by molar-refractivity contribution is 7.98. The number of hydrogen-bond acceptors (Lipinski definition) is 5. The van der Waals surface area contributed by atoms with E-state index in [0.717, 1.165) is 10.5 Å². The minimum Gasteiger partial charge on any atom is -0.495 e. The lowest BCUT2D eigenvalue weighted by molar-refractivity contribution is -0.384. The Balaban J connectivity index is 2.06. The average Bonchev–Trinajstić information content (AvgIpc) is 2.52. The van der Waals surface area contributed by atoms with Crippen LogP contribution in [0.25, 0.3) is 0 Å². The number of methoxy groups -OCH3 is 1. The maximum absolute atomic E-state index is 10.6. The molecule has 0 heterocycles. The van der Waals surface area contributed by atoms with E-state index >= 15 is 0 Å². The Bertz CT molecular complexity index is 693. The van der Waals surface area contributed by atoms with Gasteiger partial charge in [-0.1, -0.05) is 6.07 Å². The first-order valence-electron chi connectivity index (χ1n) is 6.08. The zero-order valence-electron chi connectivity index (χ0n) is 11.3. The summed E-state index contributed by atoms with van der Waals surface area (Å²) in [5.41, 5.74) is 1.57. The second-order valence-electron chi connectivity index (χ2n) is 4.19. The third-order valence-electron chi connectivity index (χ3n) is 2.84. The van der Waals surface area contributed by atoms with E-state index in [1.807, 2.05) is 6.07 Å². The van der Waals surface area contributed by atoms with Crippen LogP contribution in [0, 0.1) is 21.4 Å². The first kappa shape index (κ1) is 14.9. The van der Waals surface area contributed by atoms with E-state index in [1.165, 1.54) is 19.2 Å². The van der Waals surface area contributed by atoms with Crippen LogP contribution in [0.2, 0.25) is 0 Å². The molecule has 0 aliphatic heterocycles. The van der Waals surface area contributed by atoms with Crippen LogP contribution in [0.4, 0.5) is 5.69 Å². The monoisotopic (exact) mass is 300 g/mol. The number of ether oxygens (including phenoxy) is 1. The number of nitrogens with zero attached hydrogens (tertiary/aromatic N) is 2. The fraction of sp³-hybridized carbons (Fsp3) is 0.133. The van der Waals surface area contributed by atoms with Gasteiger partial charge in [0.15, 0.2) is 0 Å². The number of benzene rings is 2. The van der Waals surface area contributed by atoms with Crippen LogP contribution in [-0.4, -0.2) is 12.0 Å². The van der Waals surface area contributed by atoms with Crippen molar-refractivity contribution in [3.63, 3.8) is 0 Å². The largest absolute Gasteiger partial charge is 0.495 e. The van der Waals surface area contributed by atoms with E-state index < -0.39 is 4.92 Å². The lowest BCUT2D eigenvalue weighted by atomic mass is 10.1. The van der Waals surface area contributed by atoms with Crippen molar-refractivity contribution in [3.8, 4) is 11.8 Å². The van der Waals surface area contributed by atoms with Crippen LogP contribution in [0.5, 0.6) is 5.75 Å². The van der Waals surface area contributed by atoms with Crippen LogP contribution < -0.4 is 4.74 Å². The summed E-state index contributed by atoms with van der Waals surface area (Å²) in [6.45, 7) is 0. The number of rotatable bonds is 5. The number of nitriles is 1. The predicted octanol–water partition coefficient (Wildman–Crippen LogP) is 3.77. The third-order valence-corrected chi connectivity index (χ3v) is 3.92. The van der Waals surface area contributed by atoms with Gasteiger partial charge in [0.2, 0.25) is 0 Å². The molecule has 0 fully saturated rings. The Morgan fingerprint density at radius 1 is 1.29 bits per heavy atom.